The van der Waals surface area contributed by atoms with Crippen molar-refractivity contribution in [3.8, 4) is 0 Å². The van der Waals surface area contributed by atoms with Gasteiger partial charge in [-0.2, -0.15) is 13.2 Å². The summed E-state index contributed by atoms with van der Waals surface area (Å²) in [5.74, 6) is -1.72. The molecule has 0 unspecified atom stereocenters. The van der Waals surface area contributed by atoms with Gasteiger partial charge in [0.15, 0.2) is 0 Å². The topological polar surface area (TPSA) is 66.0 Å². The average Bonchev–Trinajstić information content (AvgIpc) is 2.97. The first kappa shape index (κ1) is 29.8. The second-order valence-electron chi connectivity index (χ2n) is 10.9. The quantitative estimate of drug-likeness (QED) is 0.352. The van der Waals surface area contributed by atoms with Gasteiger partial charge in [-0.3, -0.25) is 4.98 Å². The van der Waals surface area contributed by atoms with E-state index in [2.05, 4.69) is 34.1 Å². The molecule has 1 saturated carbocycles. The molecule has 1 aromatic heterocycles. The maximum absolute atomic E-state index is 13.7. The number of hydrogen-bond acceptors (Lipinski definition) is 5. The van der Waals surface area contributed by atoms with E-state index in [0.717, 1.165) is 63.7 Å². The minimum Gasteiger partial charge on any atom is -0.328 e. The zero-order valence-corrected chi connectivity index (χ0v) is 22.9. The summed E-state index contributed by atoms with van der Waals surface area (Å²) in [4.78, 5) is 38.2. The lowest BCUT2D eigenvalue weighted by atomic mass is 9.90. The highest BCUT2D eigenvalue weighted by Gasteiger charge is 2.45. The summed E-state index contributed by atoms with van der Waals surface area (Å²) in [6.45, 7) is 3.22. The van der Waals surface area contributed by atoms with Gasteiger partial charge in [-0.05, 0) is 81.3 Å². The zero-order chi connectivity index (χ0) is 28.4. The molecule has 0 spiro atoms. The molecule has 2 amide bonds. The Hall–Kier alpha value is -3.14. The van der Waals surface area contributed by atoms with Crippen LogP contribution in [0.25, 0.3) is 0 Å². The van der Waals surface area contributed by atoms with Crippen LogP contribution in [0.5, 0.6) is 0 Å². The largest absolute Gasteiger partial charge is 0.493 e. The first-order chi connectivity index (χ1) is 19.3. The van der Waals surface area contributed by atoms with Gasteiger partial charge in [-0.25, -0.2) is 9.59 Å². The third-order valence-corrected chi connectivity index (χ3v) is 7.85. The van der Waals surface area contributed by atoms with Crippen molar-refractivity contribution >= 4 is 12.0 Å². The lowest BCUT2D eigenvalue weighted by Crippen LogP contribution is -2.51. The average molecular weight is 561 g/mol. The first-order valence-corrected chi connectivity index (χ1v) is 14.3. The Labute approximate surface area is 234 Å². The van der Waals surface area contributed by atoms with Gasteiger partial charge in [-0.15, -0.1) is 5.06 Å². The minimum absolute atomic E-state index is 0.165. The van der Waals surface area contributed by atoms with E-state index < -0.39 is 24.2 Å². The van der Waals surface area contributed by atoms with Gasteiger partial charge in [0.1, 0.15) is 0 Å². The van der Waals surface area contributed by atoms with Gasteiger partial charge in [0.25, 0.3) is 0 Å². The summed E-state index contributed by atoms with van der Waals surface area (Å²) in [7, 11) is 0. The Morgan fingerprint density at radius 3 is 2.30 bits per heavy atom. The molecular formula is C30H39F3N4O3. The van der Waals surface area contributed by atoms with E-state index >= 15 is 0 Å². The number of carbonyl (C=O) groups excluding carboxylic acids is 2. The van der Waals surface area contributed by atoms with Crippen molar-refractivity contribution in [3.63, 3.8) is 0 Å². The fraction of sp³-hybridized carbons (Fsp3) is 0.567. The maximum Gasteiger partial charge on any atom is 0.493 e. The third-order valence-electron chi connectivity index (χ3n) is 7.85. The highest BCUT2D eigenvalue weighted by atomic mass is 19.4. The third kappa shape index (κ3) is 8.94. The Kier molecular flexibility index (Phi) is 10.8. The van der Waals surface area contributed by atoms with Crippen LogP contribution in [-0.4, -0.2) is 70.2 Å². The molecule has 0 N–H and O–H groups in total. The van der Waals surface area contributed by atoms with Gasteiger partial charge in [0, 0.05) is 25.5 Å². The molecule has 1 saturated heterocycles. The van der Waals surface area contributed by atoms with Crippen molar-refractivity contribution in [2.45, 2.75) is 76.6 Å². The molecule has 1 aliphatic carbocycles. The van der Waals surface area contributed by atoms with Gasteiger partial charge < -0.3 is 14.6 Å². The molecule has 2 fully saturated rings. The first-order valence-electron chi connectivity index (χ1n) is 14.3. The van der Waals surface area contributed by atoms with E-state index in [1.165, 1.54) is 10.5 Å². The molecule has 0 radical (unpaired) electrons. The highest BCUT2D eigenvalue weighted by molar-refractivity contribution is 5.79. The number of nitrogens with zero attached hydrogens (tertiary/aromatic N) is 4. The zero-order valence-electron chi connectivity index (χ0n) is 22.9. The molecule has 218 valence electrons. The van der Waals surface area contributed by atoms with E-state index in [1.807, 2.05) is 12.1 Å². The Morgan fingerprint density at radius 2 is 1.65 bits per heavy atom. The second-order valence-corrected chi connectivity index (χ2v) is 10.9. The van der Waals surface area contributed by atoms with Crippen molar-refractivity contribution in [1.29, 1.82) is 0 Å². The molecule has 2 aliphatic rings. The number of rotatable bonds is 9. The molecule has 2 aromatic rings. The van der Waals surface area contributed by atoms with Crippen LogP contribution in [0.15, 0.2) is 54.9 Å². The summed E-state index contributed by atoms with van der Waals surface area (Å²) in [6, 6.07) is 12.8. The fourth-order valence-corrected chi connectivity index (χ4v) is 5.67. The van der Waals surface area contributed by atoms with Crippen LogP contribution in [0.2, 0.25) is 0 Å². The normalized spacial score (nSPS) is 17.4. The van der Waals surface area contributed by atoms with Gasteiger partial charge in [-0.1, -0.05) is 55.7 Å². The smallest absolute Gasteiger partial charge is 0.328 e. The summed E-state index contributed by atoms with van der Waals surface area (Å²) in [6.07, 6.45) is 5.47. The Morgan fingerprint density at radius 1 is 0.950 bits per heavy atom. The summed E-state index contributed by atoms with van der Waals surface area (Å²) >= 11 is 0. The van der Waals surface area contributed by atoms with E-state index in [4.69, 9.17) is 4.84 Å². The molecule has 0 atom stereocenters. The molecule has 7 nitrogen and oxygen atoms in total. The van der Waals surface area contributed by atoms with Gasteiger partial charge in [0.05, 0.1) is 6.04 Å². The van der Waals surface area contributed by atoms with Crippen LogP contribution >= 0.6 is 0 Å². The molecule has 2 heterocycles. The number of halogens is 3. The van der Waals surface area contributed by atoms with E-state index in [1.54, 1.807) is 18.5 Å². The molecule has 40 heavy (non-hydrogen) atoms. The van der Waals surface area contributed by atoms with Crippen molar-refractivity contribution in [3.05, 3.63) is 66.0 Å². The number of benzene rings is 1. The number of pyridine rings is 1. The van der Waals surface area contributed by atoms with Crippen LogP contribution in [0.1, 0.15) is 62.5 Å². The maximum atomic E-state index is 13.7. The number of amides is 2. The van der Waals surface area contributed by atoms with Crippen molar-refractivity contribution in [2.24, 2.45) is 5.92 Å². The summed E-state index contributed by atoms with van der Waals surface area (Å²) in [5, 5.41) is 0.695. The van der Waals surface area contributed by atoms with Crippen molar-refractivity contribution in [1.82, 2.24) is 19.8 Å². The monoisotopic (exact) mass is 560 g/mol. The van der Waals surface area contributed by atoms with E-state index in [9.17, 15) is 22.8 Å². The minimum atomic E-state index is -5.19. The van der Waals surface area contributed by atoms with Gasteiger partial charge >= 0.3 is 18.2 Å². The van der Waals surface area contributed by atoms with E-state index in [0.29, 0.717) is 36.8 Å². The number of hydroxylamine groups is 2. The van der Waals surface area contributed by atoms with Crippen LogP contribution in [0.4, 0.5) is 18.0 Å². The lowest BCUT2D eigenvalue weighted by molar-refractivity contribution is -0.236. The summed E-state index contributed by atoms with van der Waals surface area (Å²) < 4.78 is 39.3. The predicted molar refractivity (Wildman–Crippen MR) is 145 cm³/mol. The Balaban J connectivity index is 1.37. The number of alkyl halides is 3. The van der Waals surface area contributed by atoms with Crippen LogP contribution in [0.3, 0.4) is 0 Å². The number of carbonyl (C=O) groups is 2. The SMILES string of the molecule is O=C(N(CCCN1CCC(Cc2ccccc2)CC1)Cc1cccnc1)N(OC(=O)C(F)(F)F)C1CCCCC1. The highest BCUT2D eigenvalue weighted by Crippen LogP contribution is 2.27. The van der Waals surface area contributed by atoms with Crippen LogP contribution in [-0.2, 0) is 22.6 Å². The van der Waals surface area contributed by atoms with Crippen LogP contribution < -0.4 is 0 Å². The lowest BCUT2D eigenvalue weighted by Gasteiger charge is -2.36. The summed E-state index contributed by atoms with van der Waals surface area (Å²) in [5.41, 5.74) is 2.11. The molecule has 10 heteroatoms. The number of piperidine rings is 1. The number of likely N-dealkylation sites (tertiary alicyclic amines) is 1. The molecule has 1 aliphatic heterocycles. The molecule has 0 bridgehead atoms. The fourth-order valence-electron chi connectivity index (χ4n) is 5.67. The second kappa shape index (κ2) is 14.5. The molecule has 4 rings (SSSR count). The Bertz CT molecular complexity index is 1060. The number of aromatic nitrogens is 1. The van der Waals surface area contributed by atoms with Crippen LogP contribution in [0, 0.1) is 5.92 Å². The van der Waals surface area contributed by atoms with Gasteiger partial charge in [0.2, 0.25) is 0 Å². The standard InChI is InChI=1S/C30H39F3N4O3/c31-30(32,33)28(38)40-37(27-12-5-2-6-13-27)29(39)36(23-26-11-7-16-34-22-26)18-8-17-35-19-14-25(15-20-35)21-24-9-3-1-4-10-24/h1,3-4,7,9-11,16,22,25,27H,2,5-6,8,12-15,17-21,23H2. The van der Waals surface area contributed by atoms with E-state index in [-0.39, 0.29) is 6.54 Å². The van der Waals surface area contributed by atoms with Crippen molar-refractivity contribution in [2.75, 3.05) is 26.2 Å². The predicted octanol–water partition coefficient (Wildman–Crippen LogP) is 6.00. The molecule has 1 aromatic carbocycles. The molecular weight excluding hydrogens is 521 g/mol. The number of urea groups is 1. The van der Waals surface area contributed by atoms with Crippen molar-refractivity contribution < 1.29 is 27.6 Å². The number of hydrogen-bond donors (Lipinski definition) is 0.